The monoisotopic (exact) mass is 240 g/mol. The topological polar surface area (TPSA) is 35.5 Å². The minimum Gasteiger partial charge on any atom is -0.438 e. The quantitative estimate of drug-likeness (QED) is 0.683. The molecular formula is C14H24O3. The Morgan fingerprint density at radius 2 is 1.59 bits per heavy atom. The lowest BCUT2D eigenvalue weighted by Gasteiger charge is -2.43. The first-order valence-corrected chi connectivity index (χ1v) is 7.04. The summed E-state index contributed by atoms with van der Waals surface area (Å²) in [5.41, 5.74) is -0.203. The van der Waals surface area contributed by atoms with Gasteiger partial charge in [-0.1, -0.05) is 25.7 Å². The molecule has 0 unspecified atom stereocenters. The lowest BCUT2D eigenvalue weighted by Crippen LogP contribution is -2.45. The molecule has 98 valence electrons. The van der Waals surface area contributed by atoms with Crippen LogP contribution in [0, 0.1) is 5.92 Å². The summed E-state index contributed by atoms with van der Waals surface area (Å²) >= 11 is 0. The van der Waals surface area contributed by atoms with Crippen molar-refractivity contribution in [2.24, 2.45) is 5.92 Å². The van der Waals surface area contributed by atoms with Crippen LogP contribution < -0.4 is 0 Å². The van der Waals surface area contributed by atoms with Crippen molar-refractivity contribution in [3.63, 3.8) is 0 Å². The van der Waals surface area contributed by atoms with Crippen LogP contribution in [0.1, 0.15) is 64.2 Å². The largest absolute Gasteiger partial charge is 0.508 e. The summed E-state index contributed by atoms with van der Waals surface area (Å²) in [6.45, 7) is 0. The fourth-order valence-corrected chi connectivity index (χ4v) is 3.58. The molecule has 0 amide bonds. The average molecular weight is 240 g/mol. The van der Waals surface area contributed by atoms with Crippen LogP contribution in [-0.2, 0) is 9.47 Å². The second-order valence-corrected chi connectivity index (χ2v) is 5.52. The highest BCUT2D eigenvalue weighted by atomic mass is 16.7. The number of carbonyl (C=O) groups excluding carboxylic acids is 1. The van der Waals surface area contributed by atoms with Gasteiger partial charge in [-0.05, 0) is 44.4 Å². The third-order valence-corrected chi connectivity index (χ3v) is 4.50. The van der Waals surface area contributed by atoms with E-state index in [1.54, 1.807) is 0 Å². The lowest BCUT2D eigenvalue weighted by atomic mass is 9.70. The van der Waals surface area contributed by atoms with Gasteiger partial charge in [-0.25, -0.2) is 4.79 Å². The number of rotatable bonds is 2. The highest BCUT2D eigenvalue weighted by Gasteiger charge is 2.43. The van der Waals surface area contributed by atoms with Gasteiger partial charge in [0.15, 0.2) is 0 Å². The van der Waals surface area contributed by atoms with Crippen molar-refractivity contribution in [2.75, 3.05) is 7.11 Å². The summed E-state index contributed by atoms with van der Waals surface area (Å²) in [5.74, 6) is 0.565. The van der Waals surface area contributed by atoms with Gasteiger partial charge in [0.2, 0.25) is 0 Å². The molecule has 0 aromatic heterocycles. The SMILES string of the molecule is COC(=O)OC1(C2CCCCC2)CCCCC1. The summed E-state index contributed by atoms with van der Waals surface area (Å²) in [7, 11) is 1.40. The summed E-state index contributed by atoms with van der Waals surface area (Å²) in [5, 5.41) is 0. The number of hydrogen-bond acceptors (Lipinski definition) is 3. The molecule has 0 bridgehead atoms. The summed E-state index contributed by atoms with van der Waals surface area (Å²) in [4.78, 5) is 11.5. The molecule has 0 aromatic carbocycles. The van der Waals surface area contributed by atoms with Crippen molar-refractivity contribution in [2.45, 2.75) is 69.8 Å². The third-order valence-electron chi connectivity index (χ3n) is 4.50. The average Bonchev–Trinajstić information content (AvgIpc) is 2.40. The summed E-state index contributed by atoms with van der Waals surface area (Å²) < 4.78 is 10.4. The van der Waals surface area contributed by atoms with Crippen LogP contribution >= 0.6 is 0 Å². The molecule has 2 rings (SSSR count). The Kier molecular flexibility index (Phi) is 4.30. The van der Waals surface area contributed by atoms with Crippen LogP contribution in [0.4, 0.5) is 4.79 Å². The number of methoxy groups -OCH3 is 1. The molecule has 2 aliphatic carbocycles. The van der Waals surface area contributed by atoms with Crippen molar-refractivity contribution in [1.29, 1.82) is 0 Å². The van der Waals surface area contributed by atoms with Crippen LogP contribution in [0.15, 0.2) is 0 Å². The predicted octanol–water partition coefficient (Wildman–Crippen LogP) is 4.05. The molecule has 0 saturated heterocycles. The molecule has 0 heterocycles. The van der Waals surface area contributed by atoms with E-state index in [4.69, 9.17) is 9.47 Å². The van der Waals surface area contributed by atoms with Crippen LogP contribution in [0.3, 0.4) is 0 Å². The third kappa shape index (κ3) is 2.93. The minimum atomic E-state index is -0.488. The Morgan fingerprint density at radius 3 is 2.18 bits per heavy atom. The maximum absolute atomic E-state index is 11.5. The molecule has 2 aliphatic rings. The van der Waals surface area contributed by atoms with E-state index in [0.717, 1.165) is 12.8 Å². The Morgan fingerprint density at radius 1 is 1.00 bits per heavy atom. The van der Waals surface area contributed by atoms with Gasteiger partial charge in [0.1, 0.15) is 5.60 Å². The van der Waals surface area contributed by atoms with Gasteiger partial charge in [0.25, 0.3) is 0 Å². The fourth-order valence-electron chi connectivity index (χ4n) is 3.58. The number of hydrogen-bond donors (Lipinski definition) is 0. The van der Waals surface area contributed by atoms with E-state index >= 15 is 0 Å². The first-order chi connectivity index (χ1) is 8.27. The number of carbonyl (C=O) groups is 1. The van der Waals surface area contributed by atoms with Crippen molar-refractivity contribution in [3.8, 4) is 0 Å². The zero-order valence-corrected chi connectivity index (χ0v) is 10.9. The molecule has 0 aromatic rings. The normalized spacial score (nSPS) is 25.2. The molecule has 2 saturated carbocycles. The first kappa shape index (κ1) is 12.7. The van der Waals surface area contributed by atoms with Gasteiger partial charge in [-0.15, -0.1) is 0 Å². The Balaban J connectivity index is 2.07. The second-order valence-electron chi connectivity index (χ2n) is 5.52. The van der Waals surface area contributed by atoms with Crippen LogP contribution in [-0.4, -0.2) is 18.9 Å². The molecule has 17 heavy (non-hydrogen) atoms. The van der Waals surface area contributed by atoms with Gasteiger partial charge >= 0.3 is 6.16 Å². The standard InChI is InChI=1S/C14H24O3/c1-16-13(15)17-14(10-6-3-7-11-14)12-8-4-2-5-9-12/h12H,2-11H2,1H3. The summed E-state index contributed by atoms with van der Waals surface area (Å²) in [6.07, 6.45) is 11.6. The van der Waals surface area contributed by atoms with E-state index in [1.165, 1.54) is 58.5 Å². The van der Waals surface area contributed by atoms with Crippen LogP contribution in [0.25, 0.3) is 0 Å². The lowest BCUT2D eigenvalue weighted by molar-refractivity contribution is -0.0927. The predicted molar refractivity (Wildman–Crippen MR) is 65.9 cm³/mol. The molecular weight excluding hydrogens is 216 g/mol. The summed E-state index contributed by atoms with van der Waals surface area (Å²) in [6, 6.07) is 0. The molecule has 0 spiro atoms. The van der Waals surface area contributed by atoms with Crippen LogP contribution in [0.5, 0.6) is 0 Å². The second kappa shape index (κ2) is 5.74. The number of ether oxygens (including phenoxy) is 2. The molecule has 3 nitrogen and oxygen atoms in total. The Hall–Kier alpha value is -0.730. The Labute approximate surface area is 104 Å². The Bertz CT molecular complexity index is 250. The highest BCUT2D eigenvalue weighted by Crippen LogP contribution is 2.44. The highest BCUT2D eigenvalue weighted by molar-refractivity contribution is 5.60. The first-order valence-electron chi connectivity index (χ1n) is 7.04. The van der Waals surface area contributed by atoms with Gasteiger partial charge in [0, 0.05) is 0 Å². The maximum Gasteiger partial charge on any atom is 0.508 e. The van der Waals surface area contributed by atoms with Gasteiger partial charge in [-0.2, -0.15) is 0 Å². The molecule has 3 heteroatoms. The van der Waals surface area contributed by atoms with E-state index in [1.807, 2.05) is 0 Å². The van der Waals surface area contributed by atoms with Crippen LogP contribution in [0.2, 0.25) is 0 Å². The molecule has 0 aliphatic heterocycles. The van der Waals surface area contributed by atoms with Gasteiger partial charge in [-0.3, -0.25) is 0 Å². The van der Waals surface area contributed by atoms with Crippen molar-refractivity contribution in [3.05, 3.63) is 0 Å². The van der Waals surface area contributed by atoms with Crippen molar-refractivity contribution < 1.29 is 14.3 Å². The van der Waals surface area contributed by atoms with E-state index in [2.05, 4.69) is 0 Å². The van der Waals surface area contributed by atoms with Crippen molar-refractivity contribution in [1.82, 2.24) is 0 Å². The van der Waals surface area contributed by atoms with Crippen molar-refractivity contribution >= 4 is 6.16 Å². The maximum atomic E-state index is 11.5. The zero-order valence-electron chi connectivity index (χ0n) is 10.9. The minimum absolute atomic E-state index is 0.203. The van der Waals surface area contributed by atoms with E-state index in [9.17, 15) is 4.79 Å². The van der Waals surface area contributed by atoms with Gasteiger partial charge < -0.3 is 9.47 Å². The molecule has 0 atom stereocenters. The molecule has 2 fully saturated rings. The zero-order chi connectivity index (χ0) is 12.1. The van der Waals surface area contributed by atoms with E-state index in [0.29, 0.717) is 5.92 Å². The molecule has 0 radical (unpaired) electrons. The van der Waals surface area contributed by atoms with Gasteiger partial charge in [0.05, 0.1) is 7.11 Å². The molecule has 0 N–H and O–H groups in total. The van der Waals surface area contributed by atoms with E-state index in [-0.39, 0.29) is 5.60 Å². The fraction of sp³-hybridized carbons (Fsp3) is 0.929. The van der Waals surface area contributed by atoms with E-state index < -0.39 is 6.16 Å². The smallest absolute Gasteiger partial charge is 0.438 e.